The van der Waals surface area contributed by atoms with Gasteiger partial charge in [0.2, 0.25) is 5.91 Å². The van der Waals surface area contributed by atoms with Crippen LogP contribution in [0.5, 0.6) is 0 Å². The van der Waals surface area contributed by atoms with Crippen LogP contribution in [0, 0.1) is 5.41 Å². The van der Waals surface area contributed by atoms with Crippen molar-refractivity contribution in [1.29, 1.82) is 0 Å². The van der Waals surface area contributed by atoms with Gasteiger partial charge < -0.3 is 4.90 Å². The van der Waals surface area contributed by atoms with Crippen LogP contribution in [0.1, 0.15) is 27.2 Å². The van der Waals surface area contributed by atoms with Crippen molar-refractivity contribution in [3.8, 4) is 0 Å². The van der Waals surface area contributed by atoms with E-state index in [1.54, 1.807) is 11.3 Å². The Bertz CT molecular complexity index is 610. The summed E-state index contributed by atoms with van der Waals surface area (Å²) in [7, 11) is 4.27. The minimum Gasteiger partial charge on any atom is -0.340 e. The van der Waals surface area contributed by atoms with E-state index in [4.69, 9.17) is 0 Å². The third kappa shape index (κ3) is 4.05. The zero-order chi connectivity index (χ0) is 16.3. The standard InChI is InChI=1S/C17H25N3OS/c1-17(2,3)15(21)20(12-8-11-19(4)5)16-18-13-9-6-7-10-14(13)22-16/h6-7,9-10H,8,11-12H2,1-5H3/p+1. The van der Waals surface area contributed by atoms with E-state index >= 15 is 0 Å². The largest absolute Gasteiger partial charge is 0.340 e. The molecule has 1 N–H and O–H groups in total. The van der Waals surface area contributed by atoms with E-state index in [9.17, 15) is 4.79 Å². The molecule has 1 amide bonds. The van der Waals surface area contributed by atoms with E-state index in [1.807, 2.05) is 43.9 Å². The van der Waals surface area contributed by atoms with Crippen LogP contribution >= 0.6 is 11.3 Å². The highest BCUT2D eigenvalue weighted by Gasteiger charge is 2.29. The van der Waals surface area contributed by atoms with Crippen LogP contribution in [0.25, 0.3) is 10.2 Å². The Labute approximate surface area is 136 Å². The van der Waals surface area contributed by atoms with Crippen molar-refractivity contribution in [1.82, 2.24) is 4.98 Å². The Balaban J connectivity index is 2.28. The Morgan fingerprint density at radius 3 is 2.55 bits per heavy atom. The number of carbonyl (C=O) groups is 1. The topological polar surface area (TPSA) is 37.6 Å². The highest BCUT2D eigenvalue weighted by molar-refractivity contribution is 7.22. The Morgan fingerprint density at radius 2 is 1.95 bits per heavy atom. The van der Waals surface area contributed by atoms with Crippen LogP contribution in [0.3, 0.4) is 0 Å². The molecule has 2 aromatic rings. The molecule has 0 aliphatic heterocycles. The SMILES string of the molecule is C[NH+](C)CCCN(C(=O)C(C)(C)C)c1nc2ccccc2s1. The molecule has 0 spiro atoms. The van der Waals surface area contributed by atoms with Crippen LogP contribution in [0.15, 0.2) is 24.3 Å². The maximum atomic E-state index is 12.8. The molecule has 0 aliphatic carbocycles. The van der Waals surface area contributed by atoms with Crippen molar-refractivity contribution in [2.75, 3.05) is 32.1 Å². The first-order valence-corrected chi connectivity index (χ1v) is 8.57. The molecule has 0 saturated heterocycles. The lowest BCUT2D eigenvalue weighted by Crippen LogP contribution is -3.05. The number of amides is 1. The Morgan fingerprint density at radius 1 is 1.27 bits per heavy atom. The molecule has 1 aromatic heterocycles. The minimum absolute atomic E-state index is 0.139. The maximum Gasteiger partial charge on any atom is 0.234 e. The predicted molar refractivity (Wildman–Crippen MR) is 93.7 cm³/mol. The average molecular weight is 320 g/mol. The summed E-state index contributed by atoms with van der Waals surface area (Å²) in [5, 5.41) is 0.815. The van der Waals surface area contributed by atoms with Gasteiger partial charge in [-0.15, -0.1) is 0 Å². The van der Waals surface area contributed by atoms with Crippen molar-refractivity contribution in [3.05, 3.63) is 24.3 Å². The molecule has 0 unspecified atom stereocenters. The van der Waals surface area contributed by atoms with E-state index in [-0.39, 0.29) is 5.91 Å². The predicted octanol–water partition coefficient (Wildman–Crippen LogP) is 2.21. The number of thiazole rings is 1. The molecule has 0 aliphatic rings. The fourth-order valence-electron chi connectivity index (χ4n) is 2.26. The molecule has 0 fully saturated rings. The zero-order valence-electron chi connectivity index (χ0n) is 14.1. The van der Waals surface area contributed by atoms with Crippen molar-refractivity contribution >= 4 is 32.6 Å². The molecule has 4 nitrogen and oxygen atoms in total. The quantitative estimate of drug-likeness (QED) is 0.917. The molecule has 22 heavy (non-hydrogen) atoms. The van der Waals surface area contributed by atoms with Crippen LogP contribution in [-0.4, -0.2) is 38.1 Å². The van der Waals surface area contributed by atoms with Gasteiger partial charge in [-0.3, -0.25) is 9.69 Å². The Hall–Kier alpha value is -1.46. The van der Waals surface area contributed by atoms with Gasteiger partial charge in [0.05, 0.1) is 30.9 Å². The molecular formula is C17H26N3OS+. The number of rotatable bonds is 5. The molecule has 120 valence electrons. The van der Waals surface area contributed by atoms with Gasteiger partial charge in [0.1, 0.15) is 0 Å². The summed E-state index contributed by atoms with van der Waals surface area (Å²) in [4.78, 5) is 20.7. The third-order valence-electron chi connectivity index (χ3n) is 3.46. The zero-order valence-corrected chi connectivity index (χ0v) is 15.0. The molecule has 0 radical (unpaired) electrons. The number of quaternary nitrogens is 1. The second-order valence-corrected chi connectivity index (χ2v) is 7.99. The number of para-hydroxylation sites is 1. The number of carbonyl (C=O) groups excluding carboxylic acids is 1. The maximum absolute atomic E-state index is 12.8. The number of nitrogens with one attached hydrogen (secondary N) is 1. The smallest absolute Gasteiger partial charge is 0.234 e. The summed E-state index contributed by atoms with van der Waals surface area (Å²) < 4.78 is 1.13. The van der Waals surface area contributed by atoms with E-state index in [0.29, 0.717) is 0 Å². The fourth-order valence-corrected chi connectivity index (χ4v) is 3.25. The first-order chi connectivity index (χ1) is 10.3. The van der Waals surface area contributed by atoms with E-state index in [0.717, 1.165) is 34.9 Å². The van der Waals surface area contributed by atoms with Gasteiger partial charge in [-0.2, -0.15) is 0 Å². The molecule has 0 saturated carbocycles. The first kappa shape index (κ1) is 16.9. The number of nitrogens with zero attached hydrogens (tertiary/aromatic N) is 2. The fraction of sp³-hybridized carbons (Fsp3) is 0.529. The highest BCUT2D eigenvalue weighted by atomic mass is 32.1. The van der Waals surface area contributed by atoms with Crippen molar-refractivity contribution in [2.45, 2.75) is 27.2 Å². The molecule has 0 bridgehead atoms. The second-order valence-electron chi connectivity index (χ2n) is 6.98. The van der Waals surface area contributed by atoms with Crippen LogP contribution in [0.4, 0.5) is 5.13 Å². The van der Waals surface area contributed by atoms with Crippen molar-refractivity contribution < 1.29 is 9.69 Å². The number of anilines is 1. The Kier molecular flexibility index (Phi) is 5.19. The van der Waals surface area contributed by atoms with Gasteiger partial charge in [-0.05, 0) is 12.1 Å². The lowest BCUT2D eigenvalue weighted by molar-refractivity contribution is -0.858. The van der Waals surface area contributed by atoms with Gasteiger partial charge in [0.15, 0.2) is 5.13 Å². The monoisotopic (exact) mass is 320 g/mol. The van der Waals surface area contributed by atoms with Gasteiger partial charge >= 0.3 is 0 Å². The molecule has 2 rings (SSSR count). The number of aromatic nitrogens is 1. The number of benzene rings is 1. The average Bonchev–Trinajstić information content (AvgIpc) is 2.85. The summed E-state index contributed by atoms with van der Waals surface area (Å²) in [5.41, 5.74) is 0.565. The number of hydrogen-bond donors (Lipinski definition) is 1. The van der Waals surface area contributed by atoms with Crippen LogP contribution in [0.2, 0.25) is 0 Å². The van der Waals surface area contributed by atoms with Crippen molar-refractivity contribution in [2.24, 2.45) is 5.41 Å². The molecule has 0 atom stereocenters. The van der Waals surface area contributed by atoms with Crippen LogP contribution < -0.4 is 9.80 Å². The third-order valence-corrected chi connectivity index (χ3v) is 4.52. The number of hydrogen-bond acceptors (Lipinski definition) is 3. The molecule has 5 heteroatoms. The summed E-state index contributed by atoms with van der Waals surface area (Å²) in [6.07, 6.45) is 0.972. The first-order valence-electron chi connectivity index (χ1n) is 7.75. The molecule has 1 aromatic carbocycles. The van der Waals surface area contributed by atoms with Gasteiger partial charge in [0, 0.05) is 18.4 Å². The summed E-state index contributed by atoms with van der Waals surface area (Å²) in [5.74, 6) is 0.139. The van der Waals surface area contributed by atoms with Gasteiger partial charge in [0.25, 0.3) is 0 Å². The minimum atomic E-state index is -0.400. The summed E-state index contributed by atoms with van der Waals surface area (Å²) in [6.45, 7) is 7.66. The van der Waals surface area contributed by atoms with Gasteiger partial charge in [-0.1, -0.05) is 44.2 Å². The van der Waals surface area contributed by atoms with Crippen LogP contribution in [-0.2, 0) is 4.79 Å². The van der Waals surface area contributed by atoms with E-state index < -0.39 is 5.41 Å². The summed E-state index contributed by atoms with van der Waals surface area (Å²) in [6, 6.07) is 8.05. The lowest BCUT2D eigenvalue weighted by Gasteiger charge is -2.27. The highest BCUT2D eigenvalue weighted by Crippen LogP contribution is 2.31. The molecule has 1 heterocycles. The molecular weight excluding hydrogens is 294 g/mol. The van der Waals surface area contributed by atoms with E-state index in [1.165, 1.54) is 4.90 Å². The summed E-state index contributed by atoms with van der Waals surface area (Å²) >= 11 is 1.60. The van der Waals surface area contributed by atoms with Gasteiger partial charge in [-0.25, -0.2) is 4.98 Å². The normalized spacial score (nSPS) is 12.1. The van der Waals surface area contributed by atoms with E-state index in [2.05, 4.69) is 25.1 Å². The lowest BCUT2D eigenvalue weighted by atomic mass is 9.95. The van der Waals surface area contributed by atoms with Crippen molar-refractivity contribution in [3.63, 3.8) is 0 Å². The number of fused-ring (bicyclic) bond motifs is 1. The second kappa shape index (κ2) is 6.75.